The highest BCUT2D eigenvalue weighted by molar-refractivity contribution is 5.94. The molecule has 2 heterocycles. The summed E-state index contributed by atoms with van der Waals surface area (Å²) in [5, 5.41) is 3.48. The lowest BCUT2D eigenvalue weighted by Crippen LogP contribution is -2.52. The zero-order chi connectivity index (χ0) is 23.0. The van der Waals surface area contributed by atoms with E-state index in [-0.39, 0.29) is 5.91 Å². The number of hydrogen-bond donors (Lipinski definition) is 1. The zero-order valence-electron chi connectivity index (χ0n) is 19.8. The molecule has 0 aromatic heterocycles. The molecule has 0 atom stereocenters. The third-order valence-electron chi connectivity index (χ3n) is 6.52. The lowest BCUT2D eigenvalue weighted by atomic mass is 10.1. The molecule has 0 aliphatic carbocycles. The Morgan fingerprint density at radius 3 is 2.15 bits per heavy atom. The first-order valence-corrected chi connectivity index (χ1v) is 11.9. The Labute approximate surface area is 197 Å². The highest BCUT2D eigenvalue weighted by atomic mass is 16.5. The predicted octanol–water partition coefficient (Wildman–Crippen LogP) is 3.22. The first-order chi connectivity index (χ1) is 16.2. The van der Waals surface area contributed by atoms with E-state index in [0.29, 0.717) is 6.54 Å². The molecule has 33 heavy (non-hydrogen) atoms. The number of likely N-dealkylation sites (tertiary alicyclic amines) is 1. The van der Waals surface area contributed by atoms with Crippen molar-refractivity contribution in [3.05, 3.63) is 59.7 Å². The van der Waals surface area contributed by atoms with Crippen LogP contribution >= 0.6 is 0 Å². The molecule has 2 fully saturated rings. The van der Waals surface area contributed by atoms with Gasteiger partial charge in [0.25, 0.3) is 5.91 Å². The number of carbonyl (C=O) groups is 1. The molecule has 1 N–H and O–H groups in total. The quantitative estimate of drug-likeness (QED) is 0.561. The van der Waals surface area contributed by atoms with Gasteiger partial charge in [-0.1, -0.05) is 12.1 Å². The Balaban J connectivity index is 1.26. The lowest BCUT2D eigenvalue weighted by Gasteiger charge is -2.37. The van der Waals surface area contributed by atoms with Crippen LogP contribution in [0.25, 0.3) is 0 Å². The van der Waals surface area contributed by atoms with E-state index in [4.69, 9.17) is 4.74 Å². The summed E-state index contributed by atoms with van der Waals surface area (Å²) in [6.45, 7) is 6.16. The van der Waals surface area contributed by atoms with Crippen molar-refractivity contribution in [3.63, 3.8) is 0 Å². The molecule has 2 saturated heterocycles. The van der Waals surface area contributed by atoms with E-state index in [2.05, 4.69) is 32.2 Å². The molecule has 0 radical (unpaired) electrons. The first kappa shape index (κ1) is 23.0. The van der Waals surface area contributed by atoms with E-state index >= 15 is 0 Å². The summed E-state index contributed by atoms with van der Waals surface area (Å²) in [6.07, 6.45) is 3.45. The Kier molecular flexibility index (Phi) is 7.70. The number of piperazine rings is 1. The monoisotopic (exact) mass is 449 g/mol. The number of aliphatic imine (C=N–C) groups is 1. The maximum atomic E-state index is 12.7. The summed E-state index contributed by atoms with van der Waals surface area (Å²) < 4.78 is 5.26. The van der Waals surface area contributed by atoms with Crippen LogP contribution in [-0.4, -0.2) is 75.1 Å². The van der Waals surface area contributed by atoms with Crippen LogP contribution in [0.3, 0.4) is 0 Å². The summed E-state index contributed by atoms with van der Waals surface area (Å²) in [5.74, 6) is 1.95. The van der Waals surface area contributed by atoms with Gasteiger partial charge in [0.1, 0.15) is 5.75 Å². The van der Waals surface area contributed by atoms with E-state index in [9.17, 15) is 4.79 Å². The number of benzene rings is 2. The number of amides is 1. The molecule has 2 aromatic rings. The van der Waals surface area contributed by atoms with E-state index in [1.165, 1.54) is 12.1 Å². The first-order valence-electron chi connectivity index (χ1n) is 11.9. The fourth-order valence-corrected chi connectivity index (χ4v) is 4.53. The standard InChI is InChI=1S/C26H35N5O2/c1-27-26(31-18-16-29(17-19-31)23-10-12-24(33-2)13-11-23)28-20-21-6-8-22(9-7-21)25(32)30-14-4-3-5-15-30/h6-13H,3-5,14-20H2,1-2H3,(H,27,28). The van der Waals surface area contributed by atoms with E-state index in [1.54, 1.807) is 7.11 Å². The third kappa shape index (κ3) is 5.78. The van der Waals surface area contributed by atoms with Crippen LogP contribution in [0.4, 0.5) is 5.69 Å². The number of anilines is 1. The molecule has 1 amide bonds. The topological polar surface area (TPSA) is 60.4 Å². The van der Waals surface area contributed by atoms with E-state index in [1.807, 2.05) is 48.3 Å². The maximum absolute atomic E-state index is 12.7. The fourth-order valence-electron chi connectivity index (χ4n) is 4.53. The molecule has 2 aromatic carbocycles. The second kappa shape index (κ2) is 11.1. The normalized spacial score (nSPS) is 17.2. The average Bonchev–Trinajstić information content (AvgIpc) is 2.90. The second-order valence-electron chi connectivity index (χ2n) is 8.62. The number of guanidine groups is 1. The van der Waals surface area contributed by atoms with Crippen LogP contribution in [0.2, 0.25) is 0 Å². The largest absolute Gasteiger partial charge is 0.497 e. The van der Waals surface area contributed by atoms with Gasteiger partial charge in [0.15, 0.2) is 5.96 Å². The maximum Gasteiger partial charge on any atom is 0.253 e. The molecule has 176 valence electrons. The van der Waals surface area contributed by atoms with Crippen molar-refractivity contribution in [1.82, 2.24) is 15.1 Å². The van der Waals surface area contributed by atoms with E-state index in [0.717, 1.165) is 74.9 Å². The second-order valence-corrected chi connectivity index (χ2v) is 8.62. The summed E-state index contributed by atoms with van der Waals surface area (Å²) >= 11 is 0. The number of nitrogens with zero attached hydrogens (tertiary/aromatic N) is 4. The minimum absolute atomic E-state index is 0.153. The van der Waals surface area contributed by atoms with Crippen LogP contribution in [0, 0.1) is 0 Å². The molecule has 7 heteroatoms. The van der Waals surface area contributed by atoms with Gasteiger partial charge in [0.2, 0.25) is 0 Å². The number of hydrogen-bond acceptors (Lipinski definition) is 4. The molecule has 4 rings (SSSR count). The van der Waals surface area contributed by atoms with Crippen LogP contribution in [0.15, 0.2) is 53.5 Å². The van der Waals surface area contributed by atoms with Crippen molar-refractivity contribution in [2.45, 2.75) is 25.8 Å². The number of nitrogens with one attached hydrogen (secondary N) is 1. The van der Waals surface area contributed by atoms with Gasteiger partial charge in [-0.15, -0.1) is 0 Å². The molecular weight excluding hydrogens is 414 g/mol. The number of ether oxygens (including phenoxy) is 1. The van der Waals surface area contributed by atoms with Crippen molar-refractivity contribution in [2.75, 3.05) is 58.3 Å². The van der Waals surface area contributed by atoms with Crippen LogP contribution < -0.4 is 15.0 Å². The van der Waals surface area contributed by atoms with Crippen molar-refractivity contribution in [1.29, 1.82) is 0 Å². The van der Waals surface area contributed by atoms with Gasteiger partial charge in [-0.05, 0) is 61.2 Å². The SMILES string of the molecule is CN=C(NCc1ccc(C(=O)N2CCCCC2)cc1)N1CCN(c2ccc(OC)cc2)CC1. The van der Waals surface area contributed by atoms with Crippen molar-refractivity contribution in [3.8, 4) is 5.75 Å². The average molecular weight is 450 g/mol. The van der Waals surface area contributed by atoms with Gasteiger partial charge in [-0.2, -0.15) is 0 Å². The van der Waals surface area contributed by atoms with Crippen molar-refractivity contribution in [2.24, 2.45) is 4.99 Å². The molecule has 2 aliphatic heterocycles. The highest BCUT2D eigenvalue weighted by Gasteiger charge is 2.20. The van der Waals surface area contributed by atoms with Gasteiger partial charge in [-0.25, -0.2) is 0 Å². The van der Waals surface area contributed by atoms with Crippen LogP contribution in [-0.2, 0) is 6.54 Å². The van der Waals surface area contributed by atoms with Crippen LogP contribution in [0.1, 0.15) is 35.2 Å². The highest BCUT2D eigenvalue weighted by Crippen LogP contribution is 2.20. The Hall–Kier alpha value is -3.22. The van der Waals surface area contributed by atoms with Gasteiger partial charge in [0, 0.05) is 64.1 Å². The summed E-state index contributed by atoms with van der Waals surface area (Å²) in [5.41, 5.74) is 3.14. The number of carbonyl (C=O) groups excluding carboxylic acids is 1. The summed E-state index contributed by atoms with van der Waals surface area (Å²) in [6, 6.07) is 16.2. The van der Waals surface area contributed by atoms with E-state index < -0.39 is 0 Å². The molecule has 0 unspecified atom stereocenters. The summed E-state index contributed by atoms with van der Waals surface area (Å²) in [4.78, 5) is 23.8. The minimum atomic E-state index is 0.153. The van der Waals surface area contributed by atoms with Gasteiger partial charge in [0.05, 0.1) is 7.11 Å². The molecule has 2 aliphatic rings. The van der Waals surface area contributed by atoms with Gasteiger partial charge in [-0.3, -0.25) is 9.79 Å². The Morgan fingerprint density at radius 1 is 0.879 bits per heavy atom. The molecule has 0 saturated carbocycles. The Morgan fingerprint density at radius 2 is 1.55 bits per heavy atom. The molecule has 0 bridgehead atoms. The molecular formula is C26H35N5O2. The van der Waals surface area contributed by atoms with Gasteiger partial charge < -0.3 is 24.8 Å². The fraction of sp³-hybridized carbons (Fsp3) is 0.462. The number of methoxy groups -OCH3 is 1. The summed E-state index contributed by atoms with van der Waals surface area (Å²) in [7, 11) is 3.52. The smallest absolute Gasteiger partial charge is 0.253 e. The molecule has 7 nitrogen and oxygen atoms in total. The Bertz CT molecular complexity index is 928. The van der Waals surface area contributed by atoms with Crippen molar-refractivity contribution >= 4 is 17.6 Å². The van der Waals surface area contributed by atoms with Crippen LogP contribution in [0.5, 0.6) is 5.75 Å². The zero-order valence-corrected chi connectivity index (χ0v) is 19.8. The van der Waals surface area contributed by atoms with Crippen molar-refractivity contribution < 1.29 is 9.53 Å². The molecule has 0 spiro atoms. The number of piperidine rings is 1. The number of rotatable bonds is 5. The third-order valence-corrected chi connectivity index (χ3v) is 6.52. The lowest BCUT2D eigenvalue weighted by molar-refractivity contribution is 0.0724. The van der Waals surface area contributed by atoms with Gasteiger partial charge >= 0.3 is 0 Å². The predicted molar refractivity (Wildman–Crippen MR) is 133 cm³/mol. The minimum Gasteiger partial charge on any atom is -0.497 e.